The number of rotatable bonds is 1. The molecule has 0 radical (unpaired) electrons. The number of halogens is 3. The van der Waals surface area contributed by atoms with Gasteiger partial charge in [-0.05, 0) is 34.7 Å². The Hall–Kier alpha value is -0.590. The van der Waals surface area contributed by atoms with E-state index in [2.05, 4.69) is 0 Å². The van der Waals surface area contributed by atoms with Crippen molar-refractivity contribution >= 4 is 34.0 Å². The van der Waals surface area contributed by atoms with Crippen LogP contribution in [0.15, 0.2) is 12.1 Å². The largest absolute Gasteiger partial charge is 0.397 e. The fraction of sp³-hybridized carbons (Fsp3) is 0.143. The lowest BCUT2D eigenvalue weighted by Gasteiger charge is -2.08. The quantitative estimate of drug-likeness (QED) is 0.614. The van der Waals surface area contributed by atoms with Crippen LogP contribution in [0.2, 0.25) is 0 Å². The van der Waals surface area contributed by atoms with Crippen LogP contribution in [0.1, 0.15) is 12.0 Å². The molecule has 0 bridgehead atoms. The third-order valence-corrected chi connectivity index (χ3v) is 2.43. The normalized spacial score (nSPS) is 10.7. The highest BCUT2D eigenvalue weighted by Crippen LogP contribution is 2.33. The van der Waals surface area contributed by atoms with Crippen LogP contribution in [-0.2, 0) is 0 Å². The lowest BCUT2D eigenvalue weighted by atomic mass is 10.1. The molecule has 12 heavy (non-hydrogen) atoms. The van der Waals surface area contributed by atoms with Crippen molar-refractivity contribution in [3.05, 3.63) is 21.3 Å². The summed E-state index contributed by atoms with van der Waals surface area (Å²) in [6.45, 7) is 0. The van der Waals surface area contributed by atoms with E-state index in [9.17, 15) is 8.78 Å². The summed E-state index contributed by atoms with van der Waals surface area (Å²) in [5.41, 5.74) is 10.8. The van der Waals surface area contributed by atoms with Crippen molar-refractivity contribution in [2.45, 2.75) is 6.43 Å². The summed E-state index contributed by atoms with van der Waals surface area (Å²) in [7, 11) is 0. The standard InChI is InChI=1S/C7H7F2IN2/c8-7(9)5-3(10)1-2-4(11)6(5)12/h1-2,7H,11-12H2. The van der Waals surface area contributed by atoms with Crippen molar-refractivity contribution in [2.75, 3.05) is 11.5 Å². The second-order valence-corrected chi connectivity index (χ2v) is 3.43. The molecule has 0 heterocycles. The van der Waals surface area contributed by atoms with Crippen molar-refractivity contribution in [2.24, 2.45) is 0 Å². The molecule has 1 rings (SSSR count). The number of anilines is 2. The molecule has 1 aromatic rings. The van der Waals surface area contributed by atoms with Crippen molar-refractivity contribution < 1.29 is 8.78 Å². The molecular formula is C7H7F2IN2. The van der Waals surface area contributed by atoms with Gasteiger partial charge in [-0.25, -0.2) is 8.78 Å². The molecule has 0 fully saturated rings. The maximum Gasteiger partial charge on any atom is 0.266 e. The van der Waals surface area contributed by atoms with Gasteiger partial charge in [0.05, 0.1) is 16.9 Å². The van der Waals surface area contributed by atoms with Crippen LogP contribution in [0.5, 0.6) is 0 Å². The van der Waals surface area contributed by atoms with Crippen LogP contribution in [0.25, 0.3) is 0 Å². The summed E-state index contributed by atoms with van der Waals surface area (Å²) in [6.07, 6.45) is -2.57. The highest BCUT2D eigenvalue weighted by molar-refractivity contribution is 14.1. The summed E-state index contributed by atoms with van der Waals surface area (Å²) < 4.78 is 25.1. The predicted molar refractivity (Wildman–Crippen MR) is 52.9 cm³/mol. The smallest absolute Gasteiger partial charge is 0.266 e. The molecule has 0 atom stereocenters. The fourth-order valence-corrected chi connectivity index (χ4v) is 1.55. The van der Waals surface area contributed by atoms with Gasteiger partial charge >= 0.3 is 0 Å². The molecule has 0 aliphatic carbocycles. The Kier molecular flexibility index (Phi) is 2.71. The molecule has 0 spiro atoms. The minimum absolute atomic E-state index is 0.0168. The lowest BCUT2D eigenvalue weighted by molar-refractivity contribution is 0.151. The summed E-state index contributed by atoms with van der Waals surface area (Å²) in [5, 5.41) is 0. The Morgan fingerprint density at radius 3 is 2.25 bits per heavy atom. The minimum atomic E-state index is -2.57. The van der Waals surface area contributed by atoms with E-state index in [0.29, 0.717) is 3.57 Å². The van der Waals surface area contributed by atoms with E-state index in [1.807, 2.05) is 0 Å². The summed E-state index contributed by atoms with van der Waals surface area (Å²) in [4.78, 5) is 0. The van der Waals surface area contributed by atoms with E-state index >= 15 is 0 Å². The molecular weight excluding hydrogens is 277 g/mol. The van der Waals surface area contributed by atoms with Gasteiger partial charge in [-0.2, -0.15) is 0 Å². The summed E-state index contributed by atoms with van der Waals surface area (Å²) >= 11 is 1.80. The molecule has 0 aliphatic heterocycles. The second kappa shape index (κ2) is 3.42. The van der Waals surface area contributed by atoms with Crippen LogP contribution in [0, 0.1) is 3.57 Å². The van der Waals surface area contributed by atoms with Crippen molar-refractivity contribution in [3.63, 3.8) is 0 Å². The average Bonchev–Trinajstić information content (AvgIpc) is 1.97. The van der Waals surface area contributed by atoms with Gasteiger partial charge in [-0.15, -0.1) is 0 Å². The first-order valence-corrected chi connectivity index (χ1v) is 4.23. The van der Waals surface area contributed by atoms with Gasteiger partial charge in [-0.3, -0.25) is 0 Å². The third kappa shape index (κ3) is 1.60. The highest BCUT2D eigenvalue weighted by atomic mass is 127. The van der Waals surface area contributed by atoms with Crippen LogP contribution in [0.4, 0.5) is 20.2 Å². The number of nitrogen functional groups attached to an aromatic ring is 2. The molecule has 0 unspecified atom stereocenters. The molecule has 66 valence electrons. The van der Waals surface area contributed by atoms with Gasteiger partial charge in [0.25, 0.3) is 6.43 Å². The zero-order valence-corrected chi connectivity index (χ0v) is 8.18. The number of hydrogen-bond acceptors (Lipinski definition) is 2. The highest BCUT2D eigenvalue weighted by Gasteiger charge is 2.16. The molecule has 1 aromatic carbocycles. The Balaban J connectivity index is 3.33. The van der Waals surface area contributed by atoms with E-state index in [-0.39, 0.29) is 16.9 Å². The maximum absolute atomic E-state index is 12.3. The summed E-state index contributed by atoms with van der Waals surface area (Å²) in [5.74, 6) is 0. The fourth-order valence-electron chi connectivity index (χ4n) is 0.848. The molecule has 0 saturated carbocycles. The predicted octanol–water partition coefficient (Wildman–Crippen LogP) is 2.39. The number of nitrogens with two attached hydrogens (primary N) is 2. The molecule has 4 N–H and O–H groups in total. The number of benzene rings is 1. The van der Waals surface area contributed by atoms with E-state index in [1.165, 1.54) is 12.1 Å². The second-order valence-electron chi connectivity index (χ2n) is 2.26. The van der Waals surface area contributed by atoms with Crippen molar-refractivity contribution in [1.29, 1.82) is 0 Å². The Bertz CT molecular complexity index is 302. The van der Waals surface area contributed by atoms with Gasteiger partial charge in [0.1, 0.15) is 0 Å². The lowest BCUT2D eigenvalue weighted by Crippen LogP contribution is -2.02. The van der Waals surface area contributed by atoms with E-state index < -0.39 is 6.43 Å². The molecule has 0 aromatic heterocycles. The maximum atomic E-state index is 12.3. The van der Waals surface area contributed by atoms with Crippen LogP contribution >= 0.6 is 22.6 Å². The monoisotopic (exact) mass is 284 g/mol. The first-order chi connectivity index (χ1) is 5.54. The molecule has 0 aliphatic rings. The topological polar surface area (TPSA) is 52.0 Å². The van der Waals surface area contributed by atoms with Crippen molar-refractivity contribution in [1.82, 2.24) is 0 Å². The number of hydrogen-bond donors (Lipinski definition) is 2. The van der Waals surface area contributed by atoms with Crippen molar-refractivity contribution in [3.8, 4) is 0 Å². The Morgan fingerprint density at radius 1 is 1.25 bits per heavy atom. The minimum Gasteiger partial charge on any atom is -0.397 e. The first kappa shape index (κ1) is 9.50. The third-order valence-electron chi connectivity index (χ3n) is 1.49. The van der Waals surface area contributed by atoms with Gasteiger partial charge < -0.3 is 11.5 Å². The van der Waals surface area contributed by atoms with Gasteiger partial charge in [0.2, 0.25) is 0 Å². The SMILES string of the molecule is Nc1ccc(I)c(C(F)F)c1N. The van der Waals surface area contributed by atoms with E-state index in [0.717, 1.165) is 0 Å². The average molecular weight is 284 g/mol. The van der Waals surface area contributed by atoms with Gasteiger partial charge in [-0.1, -0.05) is 0 Å². The van der Waals surface area contributed by atoms with Crippen LogP contribution in [-0.4, -0.2) is 0 Å². The van der Waals surface area contributed by atoms with Crippen LogP contribution in [0.3, 0.4) is 0 Å². The van der Waals surface area contributed by atoms with Gasteiger partial charge in [0, 0.05) is 3.57 Å². The Morgan fingerprint density at radius 2 is 1.83 bits per heavy atom. The van der Waals surface area contributed by atoms with E-state index in [4.69, 9.17) is 11.5 Å². The van der Waals surface area contributed by atoms with Gasteiger partial charge in [0.15, 0.2) is 0 Å². The zero-order chi connectivity index (χ0) is 9.30. The molecule has 2 nitrogen and oxygen atoms in total. The number of alkyl halides is 2. The Labute approximate surface area is 82.1 Å². The zero-order valence-electron chi connectivity index (χ0n) is 6.02. The first-order valence-electron chi connectivity index (χ1n) is 3.15. The molecule has 0 amide bonds. The van der Waals surface area contributed by atoms with Crippen LogP contribution < -0.4 is 11.5 Å². The summed E-state index contributed by atoms with van der Waals surface area (Å²) in [6, 6.07) is 3.04. The van der Waals surface area contributed by atoms with E-state index in [1.54, 1.807) is 22.6 Å². The molecule has 5 heteroatoms. The molecule has 0 saturated heterocycles.